The Bertz CT molecular complexity index is 1190. The molecule has 0 aliphatic carbocycles. The Balaban J connectivity index is 1.81. The number of ether oxygens (including phenoxy) is 2. The zero-order valence-electron chi connectivity index (χ0n) is 18.0. The quantitative estimate of drug-likeness (QED) is 0.356. The molecule has 7 heteroatoms. The second-order valence-corrected chi connectivity index (χ2v) is 7.46. The van der Waals surface area contributed by atoms with Gasteiger partial charge >= 0.3 is 0 Å². The average molecular weight is 433 g/mol. The van der Waals surface area contributed by atoms with Crippen molar-refractivity contribution >= 4 is 17.4 Å². The number of furan rings is 1. The van der Waals surface area contributed by atoms with Crippen LogP contribution in [0.1, 0.15) is 28.7 Å². The molecule has 1 aliphatic rings. The summed E-state index contributed by atoms with van der Waals surface area (Å²) in [6, 6.07) is 16.5. The Hall–Kier alpha value is -4.00. The van der Waals surface area contributed by atoms with Crippen LogP contribution in [0.25, 0.3) is 5.76 Å². The van der Waals surface area contributed by atoms with Gasteiger partial charge in [-0.15, -0.1) is 0 Å². The van der Waals surface area contributed by atoms with E-state index in [2.05, 4.69) is 0 Å². The normalized spacial score (nSPS) is 17.6. The number of amides is 1. The van der Waals surface area contributed by atoms with Crippen molar-refractivity contribution in [3.8, 4) is 11.5 Å². The Morgan fingerprint density at radius 1 is 1.00 bits per heavy atom. The molecule has 4 rings (SSSR count). The molecule has 1 aromatic heterocycles. The van der Waals surface area contributed by atoms with E-state index in [1.165, 1.54) is 12.0 Å². The smallest absolute Gasteiger partial charge is 0.296 e. The minimum absolute atomic E-state index is 0.0221. The van der Waals surface area contributed by atoms with Crippen molar-refractivity contribution < 1.29 is 28.6 Å². The number of ketones is 1. The fourth-order valence-corrected chi connectivity index (χ4v) is 3.79. The number of benzene rings is 2. The monoisotopic (exact) mass is 433 g/mol. The molecule has 2 heterocycles. The second-order valence-electron chi connectivity index (χ2n) is 7.46. The Morgan fingerprint density at radius 2 is 1.72 bits per heavy atom. The molecular weight excluding hydrogens is 410 g/mol. The average Bonchev–Trinajstić information content (AvgIpc) is 3.35. The number of likely N-dealkylation sites (tertiary alicyclic amines) is 1. The predicted octanol–water partition coefficient (Wildman–Crippen LogP) is 4.23. The van der Waals surface area contributed by atoms with Crippen molar-refractivity contribution in [1.29, 1.82) is 0 Å². The lowest BCUT2D eigenvalue weighted by molar-refractivity contribution is -0.140. The first-order valence-electron chi connectivity index (χ1n) is 10.0. The number of Topliss-reactive ketones (excluding diaryl/α,β-unsaturated/α-hetero) is 1. The van der Waals surface area contributed by atoms with Crippen LogP contribution in [0.15, 0.2) is 70.7 Å². The molecule has 1 saturated heterocycles. The van der Waals surface area contributed by atoms with Gasteiger partial charge in [0.2, 0.25) is 0 Å². The van der Waals surface area contributed by atoms with Crippen LogP contribution >= 0.6 is 0 Å². The van der Waals surface area contributed by atoms with Crippen molar-refractivity contribution in [2.45, 2.75) is 19.5 Å². The molecule has 7 nitrogen and oxygen atoms in total. The molecule has 1 N–H and O–H groups in total. The van der Waals surface area contributed by atoms with E-state index in [4.69, 9.17) is 13.9 Å². The number of rotatable bonds is 6. The number of aliphatic hydroxyl groups excluding tert-OH is 1. The van der Waals surface area contributed by atoms with Crippen LogP contribution in [0.5, 0.6) is 11.5 Å². The van der Waals surface area contributed by atoms with Crippen LogP contribution in [0.4, 0.5) is 0 Å². The molecule has 1 unspecified atom stereocenters. The van der Waals surface area contributed by atoms with Crippen molar-refractivity contribution in [1.82, 2.24) is 4.90 Å². The first kappa shape index (κ1) is 21.2. The summed E-state index contributed by atoms with van der Waals surface area (Å²) in [7, 11) is 3.09. The number of methoxy groups -OCH3 is 2. The van der Waals surface area contributed by atoms with E-state index in [9.17, 15) is 14.7 Å². The van der Waals surface area contributed by atoms with Crippen molar-refractivity contribution in [2.75, 3.05) is 14.2 Å². The molecule has 2 aromatic carbocycles. The minimum Gasteiger partial charge on any atom is -0.507 e. The number of hydrogen-bond acceptors (Lipinski definition) is 6. The summed E-state index contributed by atoms with van der Waals surface area (Å²) in [5.41, 5.74) is 1.16. The molecule has 164 valence electrons. The van der Waals surface area contributed by atoms with Crippen LogP contribution in [-0.2, 0) is 16.1 Å². The van der Waals surface area contributed by atoms with Gasteiger partial charge in [-0.25, -0.2) is 0 Å². The highest BCUT2D eigenvalue weighted by Crippen LogP contribution is 2.41. The summed E-state index contributed by atoms with van der Waals surface area (Å²) >= 11 is 0. The van der Waals surface area contributed by atoms with Crippen molar-refractivity contribution in [3.05, 3.63) is 88.9 Å². The van der Waals surface area contributed by atoms with Crippen LogP contribution in [0.3, 0.4) is 0 Å². The molecule has 0 saturated carbocycles. The van der Waals surface area contributed by atoms with Gasteiger partial charge < -0.3 is 23.9 Å². The Morgan fingerprint density at radius 3 is 2.34 bits per heavy atom. The summed E-state index contributed by atoms with van der Waals surface area (Å²) in [6.07, 6.45) is 0. The van der Waals surface area contributed by atoms with Gasteiger partial charge in [-0.2, -0.15) is 0 Å². The topological polar surface area (TPSA) is 89.2 Å². The fraction of sp³-hybridized carbons (Fsp3) is 0.200. The van der Waals surface area contributed by atoms with Gasteiger partial charge in [0.15, 0.2) is 0 Å². The lowest BCUT2D eigenvalue weighted by Gasteiger charge is -2.23. The van der Waals surface area contributed by atoms with Gasteiger partial charge in [0.25, 0.3) is 11.7 Å². The van der Waals surface area contributed by atoms with E-state index in [1.807, 2.05) is 12.1 Å². The summed E-state index contributed by atoms with van der Waals surface area (Å²) in [6.45, 7) is 1.94. The zero-order valence-corrected chi connectivity index (χ0v) is 18.0. The van der Waals surface area contributed by atoms with Gasteiger partial charge in [-0.3, -0.25) is 9.59 Å². The maximum atomic E-state index is 13.1. The second kappa shape index (κ2) is 8.63. The van der Waals surface area contributed by atoms with Crippen molar-refractivity contribution in [2.24, 2.45) is 0 Å². The molecule has 32 heavy (non-hydrogen) atoms. The number of aryl methyl sites for hydroxylation is 1. The van der Waals surface area contributed by atoms with Crippen LogP contribution < -0.4 is 9.47 Å². The molecule has 1 atom stereocenters. The van der Waals surface area contributed by atoms with Gasteiger partial charge in [0.1, 0.15) is 34.8 Å². The predicted molar refractivity (Wildman–Crippen MR) is 117 cm³/mol. The number of carbonyl (C=O) groups is 2. The third-order valence-electron chi connectivity index (χ3n) is 5.43. The largest absolute Gasteiger partial charge is 0.507 e. The summed E-state index contributed by atoms with van der Waals surface area (Å²) in [5, 5.41) is 11.1. The Labute approximate surface area is 185 Å². The van der Waals surface area contributed by atoms with Gasteiger partial charge in [-0.05, 0) is 48.9 Å². The minimum atomic E-state index is -0.864. The third kappa shape index (κ3) is 3.85. The van der Waals surface area contributed by atoms with E-state index >= 15 is 0 Å². The van der Waals surface area contributed by atoms with E-state index < -0.39 is 17.7 Å². The highest BCUT2D eigenvalue weighted by atomic mass is 16.5. The maximum absolute atomic E-state index is 13.1. The van der Waals surface area contributed by atoms with E-state index in [1.54, 1.807) is 62.6 Å². The number of hydrogen-bond donors (Lipinski definition) is 1. The third-order valence-corrected chi connectivity index (χ3v) is 5.43. The highest BCUT2D eigenvalue weighted by molar-refractivity contribution is 6.46. The van der Waals surface area contributed by atoms with E-state index in [-0.39, 0.29) is 17.9 Å². The van der Waals surface area contributed by atoms with Crippen LogP contribution in [-0.4, -0.2) is 35.9 Å². The molecule has 0 radical (unpaired) electrons. The lowest BCUT2D eigenvalue weighted by Crippen LogP contribution is -2.29. The molecule has 1 fully saturated rings. The lowest BCUT2D eigenvalue weighted by atomic mass is 9.99. The summed E-state index contributed by atoms with van der Waals surface area (Å²) in [4.78, 5) is 27.5. The highest BCUT2D eigenvalue weighted by Gasteiger charge is 2.47. The van der Waals surface area contributed by atoms with Gasteiger partial charge in [-0.1, -0.05) is 24.3 Å². The summed E-state index contributed by atoms with van der Waals surface area (Å²) in [5.74, 6) is 0.496. The van der Waals surface area contributed by atoms with Crippen molar-refractivity contribution in [3.63, 3.8) is 0 Å². The molecule has 1 amide bonds. The molecule has 1 aliphatic heterocycles. The molecule has 0 bridgehead atoms. The van der Waals surface area contributed by atoms with Crippen LogP contribution in [0, 0.1) is 6.92 Å². The maximum Gasteiger partial charge on any atom is 0.296 e. The van der Waals surface area contributed by atoms with E-state index in [0.717, 1.165) is 5.56 Å². The molecule has 0 spiro atoms. The van der Waals surface area contributed by atoms with E-state index in [0.29, 0.717) is 28.6 Å². The van der Waals surface area contributed by atoms with Crippen LogP contribution in [0.2, 0.25) is 0 Å². The zero-order chi connectivity index (χ0) is 22.8. The molecular formula is C25H23NO6. The van der Waals surface area contributed by atoms with Gasteiger partial charge in [0.05, 0.1) is 19.8 Å². The first-order valence-corrected chi connectivity index (χ1v) is 10.0. The standard InChI is InChI=1S/C25H23NO6/c1-15-7-12-20(32-15)22-21(23(27)17-5-4-6-19(13-17)31-3)24(28)25(29)26(22)14-16-8-10-18(30-2)11-9-16/h4-13,22,27H,14H2,1-3H3/b23-21-. The first-order chi connectivity index (χ1) is 15.4. The summed E-state index contributed by atoms with van der Waals surface area (Å²) < 4.78 is 16.2. The number of carbonyl (C=O) groups excluding carboxylic acids is 2. The Kier molecular flexibility index (Phi) is 5.73. The number of nitrogens with zero attached hydrogens (tertiary/aromatic N) is 1. The molecule has 3 aromatic rings. The fourth-order valence-electron chi connectivity index (χ4n) is 3.79. The van der Waals surface area contributed by atoms with Gasteiger partial charge in [0, 0.05) is 12.1 Å². The number of aliphatic hydroxyl groups is 1. The SMILES string of the molecule is COc1ccc(CN2C(=O)C(=O)/C(=C(\O)c3cccc(OC)c3)C2c2ccc(C)o2)cc1.